The molecule has 0 unspecified atom stereocenters. The SMILES string of the molecule is Cc1ccsc1C=C(O)C(=O)O. The molecule has 2 N–H and O–H groups in total. The van der Waals surface area contributed by atoms with Gasteiger partial charge in [-0.25, -0.2) is 4.79 Å². The topological polar surface area (TPSA) is 57.5 Å². The number of hydrogen-bond donors (Lipinski definition) is 2. The van der Waals surface area contributed by atoms with Crippen molar-refractivity contribution in [3.05, 3.63) is 27.6 Å². The third kappa shape index (κ3) is 1.85. The van der Waals surface area contributed by atoms with Gasteiger partial charge in [-0.1, -0.05) is 0 Å². The van der Waals surface area contributed by atoms with Gasteiger partial charge >= 0.3 is 5.97 Å². The van der Waals surface area contributed by atoms with Gasteiger partial charge < -0.3 is 10.2 Å². The second-order valence-electron chi connectivity index (χ2n) is 2.30. The Bertz CT molecular complexity index is 325. The van der Waals surface area contributed by atoms with Crippen molar-refractivity contribution in [2.75, 3.05) is 0 Å². The van der Waals surface area contributed by atoms with Crippen molar-refractivity contribution in [1.29, 1.82) is 0 Å². The molecule has 0 atom stereocenters. The summed E-state index contributed by atoms with van der Waals surface area (Å²) in [4.78, 5) is 11.0. The molecule has 0 saturated carbocycles. The molecule has 0 bridgehead atoms. The van der Waals surface area contributed by atoms with Gasteiger partial charge in [-0.15, -0.1) is 11.3 Å². The fraction of sp³-hybridized carbons (Fsp3) is 0.125. The molecule has 0 amide bonds. The van der Waals surface area contributed by atoms with Crippen molar-refractivity contribution in [2.24, 2.45) is 0 Å². The third-order valence-corrected chi connectivity index (χ3v) is 2.35. The fourth-order valence-corrected chi connectivity index (χ4v) is 1.57. The van der Waals surface area contributed by atoms with Gasteiger partial charge in [0.15, 0.2) is 0 Å². The summed E-state index contributed by atoms with van der Waals surface area (Å²) in [5.41, 5.74) is 0.966. The normalized spacial score (nSPS) is 11.6. The summed E-state index contributed by atoms with van der Waals surface area (Å²) in [6.45, 7) is 1.86. The van der Waals surface area contributed by atoms with E-state index in [0.29, 0.717) is 0 Å². The number of aliphatic carboxylic acids is 1. The van der Waals surface area contributed by atoms with E-state index in [1.807, 2.05) is 18.4 Å². The maximum atomic E-state index is 10.2. The van der Waals surface area contributed by atoms with Crippen LogP contribution in [0.2, 0.25) is 0 Å². The van der Waals surface area contributed by atoms with Crippen LogP contribution in [-0.2, 0) is 4.79 Å². The highest BCUT2D eigenvalue weighted by Gasteiger charge is 2.05. The van der Waals surface area contributed by atoms with Gasteiger partial charge in [0, 0.05) is 11.0 Å². The smallest absolute Gasteiger partial charge is 0.370 e. The number of thiophene rings is 1. The lowest BCUT2D eigenvalue weighted by atomic mass is 10.2. The van der Waals surface area contributed by atoms with Crippen molar-refractivity contribution in [3.8, 4) is 0 Å². The van der Waals surface area contributed by atoms with Crippen molar-refractivity contribution >= 4 is 23.4 Å². The molecule has 1 aromatic heterocycles. The minimum Gasteiger partial charge on any atom is -0.502 e. The summed E-state index contributed by atoms with van der Waals surface area (Å²) in [7, 11) is 0. The minimum absolute atomic E-state index is 0.624. The lowest BCUT2D eigenvalue weighted by Gasteiger charge is -1.91. The Hall–Kier alpha value is -1.29. The molecule has 4 heteroatoms. The highest BCUT2D eigenvalue weighted by Crippen LogP contribution is 2.18. The molecular weight excluding hydrogens is 176 g/mol. The number of hydrogen-bond acceptors (Lipinski definition) is 3. The van der Waals surface area contributed by atoms with Crippen molar-refractivity contribution in [2.45, 2.75) is 6.92 Å². The lowest BCUT2D eigenvalue weighted by Crippen LogP contribution is -1.97. The Morgan fingerprint density at radius 2 is 2.25 bits per heavy atom. The highest BCUT2D eigenvalue weighted by molar-refractivity contribution is 7.11. The van der Waals surface area contributed by atoms with Gasteiger partial charge in [0.2, 0.25) is 5.76 Å². The van der Waals surface area contributed by atoms with Crippen LogP contribution < -0.4 is 0 Å². The van der Waals surface area contributed by atoms with Crippen LogP contribution in [0.1, 0.15) is 10.4 Å². The molecule has 0 saturated heterocycles. The second-order valence-corrected chi connectivity index (χ2v) is 3.25. The van der Waals surface area contributed by atoms with E-state index in [1.165, 1.54) is 17.4 Å². The number of aryl methyl sites for hydroxylation is 1. The van der Waals surface area contributed by atoms with Gasteiger partial charge in [-0.05, 0) is 23.9 Å². The summed E-state index contributed by atoms with van der Waals surface area (Å²) in [6, 6.07) is 1.87. The fourth-order valence-electron chi connectivity index (χ4n) is 0.718. The Balaban J connectivity index is 2.95. The second kappa shape index (κ2) is 3.40. The first kappa shape index (κ1) is 8.80. The molecule has 0 spiro atoms. The number of aliphatic hydroxyl groups excluding tert-OH is 1. The monoisotopic (exact) mass is 184 g/mol. The Morgan fingerprint density at radius 1 is 1.58 bits per heavy atom. The number of rotatable bonds is 2. The van der Waals surface area contributed by atoms with E-state index in [4.69, 9.17) is 10.2 Å². The van der Waals surface area contributed by atoms with Crippen LogP contribution in [0.3, 0.4) is 0 Å². The Kier molecular flexibility index (Phi) is 2.50. The van der Waals surface area contributed by atoms with E-state index in [0.717, 1.165) is 10.4 Å². The van der Waals surface area contributed by atoms with Crippen molar-refractivity contribution in [3.63, 3.8) is 0 Å². The molecule has 1 heterocycles. The summed E-state index contributed by atoms with van der Waals surface area (Å²) in [5.74, 6) is -1.93. The van der Waals surface area contributed by atoms with E-state index in [2.05, 4.69) is 0 Å². The summed E-state index contributed by atoms with van der Waals surface area (Å²) >= 11 is 1.40. The van der Waals surface area contributed by atoms with Crippen LogP contribution in [-0.4, -0.2) is 16.2 Å². The molecule has 0 radical (unpaired) electrons. The zero-order valence-corrected chi connectivity index (χ0v) is 7.26. The van der Waals surface area contributed by atoms with Gasteiger partial charge in [-0.3, -0.25) is 0 Å². The molecular formula is C8H8O3S. The van der Waals surface area contributed by atoms with E-state index in [9.17, 15) is 4.79 Å². The van der Waals surface area contributed by atoms with Crippen LogP contribution >= 0.6 is 11.3 Å². The average Bonchev–Trinajstić information content (AvgIpc) is 2.36. The summed E-state index contributed by atoms with van der Waals surface area (Å²) < 4.78 is 0. The Morgan fingerprint density at radius 3 is 2.67 bits per heavy atom. The van der Waals surface area contributed by atoms with Crippen LogP contribution in [0.25, 0.3) is 6.08 Å². The maximum absolute atomic E-state index is 10.2. The van der Waals surface area contributed by atoms with E-state index >= 15 is 0 Å². The van der Waals surface area contributed by atoms with E-state index < -0.39 is 11.7 Å². The predicted molar refractivity (Wildman–Crippen MR) is 47.3 cm³/mol. The van der Waals surface area contributed by atoms with E-state index in [-0.39, 0.29) is 0 Å². The van der Waals surface area contributed by atoms with Gasteiger partial charge in [-0.2, -0.15) is 0 Å². The number of carboxylic acid groups (broad SMARTS) is 1. The molecule has 0 aliphatic heterocycles. The molecule has 1 aromatic rings. The zero-order valence-electron chi connectivity index (χ0n) is 6.44. The quantitative estimate of drug-likeness (QED) is 0.546. The molecule has 0 fully saturated rings. The molecule has 12 heavy (non-hydrogen) atoms. The molecule has 0 aliphatic carbocycles. The van der Waals surface area contributed by atoms with Crippen molar-refractivity contribution in [1.82, 2.24) is 0 Å². The van der Waals surface area contributed by atoms with Gasteiger partial charge in [0.05, 0.1) is 0 Å². The van der Waals surface area contributed by atoms with Gasteiger partial charge in [0.1, 0.15) is 0 Å². The van der Waals surface area contributed by atoms with Crippen LogP contribution in [0.4, 0.5) is 0 Å². The molecule has 0 aliphatic rings. The van der Waals surface area contributed by atoms with Crippen LogP contribution in [0.15, 0.2) is 17.2 Å². The van der Waals surface area contributed by atoms with Crippen LogP contribution in [0, 0.1) is 6.92 Å². The molecule has 64 valence electrons. The first-order valence-corrected chi connectivity index (χ1v) is 4.17. The minimum atomic E-state index is -1.30. The maximum Gasteiger partial charge on any atom is 0.370 e. The lowest BCUT2D eigenvalue weighted by molar-refractivity contribution is -0.135. The zero-order chi connectivity index (χ0) is 9.14. The number of carbonyl (C=O) groups is 1. The summed E-state index contributed by atoms with van der Waals surface area (Å²) in [6.07, 6.45) is 1.25. The van der Waals surface area contributed by atoms with Gasteiger partial charge in [0.25, 0.3) is 0 Å². The first-order chi connectivity index (χ1) is 5.61. The predicted octanol–water partition coefficient (Wildman–Crippen LogP) is 2.04. The average molecular weight is 184 g/mol. The first-order valence-electron chi connectivity index (χ1n) is 3.29. The molecule has 1 rings (SSSR count). The standard InChI is InChI=1S/C8H8O3S/c1-5-2-3-12-7(5)4-6(9)8(10)11/h2-4,9H,1H3,(H,10,11). The molecule has 0 aromatic carbocycles. The molecule has 3 nitrogen and oxygen atoms in total. The highest BCUT2D eigenvalue weighted by atomic mass is 32.1. The van der Waals surface area contributed by atoms with Crippen molar-refractivity contribution < 1.29 is 15.0 Å². The number of aliphatic hydroxyl groups is 1. The summed E-state index contributed by atoms with van der Waals surface area (Å²) in [5, 5.41) is 19.1. The number of carboxylic acids is 1. The van der Waals surface area contributed by atoms with E-state index in [1.54, 1.807) is 0 Å². The Labute approximate surface area is 73.6 Å². The largest absolute Gasteiger partial charge is 0.502 e. The third-order valence-electron chi connectivity index (χ3n) is 1.39. The van der Waals surface area contributed by atoms with Crippen LogP contribution in [0.5, 0.6) is 0 Å².